The van der Waals surface area contributed by atoms with Crippen LogP contribution >= 0.6 is 23.2 Å². The molecule has 27 heavy (non-hydrogen) atoms. The first-order valence-corrected chi connectivity index (χ1v) is 8.45. The molecule has 0 bridgehead atoms. The van der Waals surface area contributed by atoms with Gasteiger partial charge < -0.3 is 14.2 Å². The molecule has 0 fully saturated rings. The second kappa shape index (κ2) is 9.18. The molecule has 0 amide bonds. The van der Waals surface area contributed by atoms with Crippen LogP contribution in [0.5, 0.6) is 11.6 Å². The predicted octanol–water partition coefficient (Wildman–Crippen LogP) is 4.47. The Morgan fingerprint density at radius 2 is 2.04 bits per heavy atom. The Kier molecular flexibility index (Phi) is 7.20. The number of ether oxygens (including phenoxy) is 3. The molecule has 148 valence electrons. The van der Waals surface area contributed by atoms with Crippen molar-refractivity contribution in [2.75, 3.05) is 13.2 Å². The molecule has 1 aromatic heterocycles. The molecular formula is C16H15Cl2F3N2O4. The van der Waals surface area contributed by atoms with Gasteiger partial charge in [-0.15, -0.1) is 0 Å². The Morgan fingerprint density at radius 1 is 1.33 bits per heavy atom. The molecule has 0 spiro atoms. The summed E-state index contributed by atoms with van der Waals surface area (Å²) in [4.78, 5) is 11.5. The first-order chi connectivity index (χ1) is 12.7. The number of hydrogen-bond acceptors (Lipinski definition) is 5. The van der Waals surface area contributed by atoms with E-state index < -0.39 is 30.9 Å². The Balaban J connectivity index is 2.32. The van der Waals surface area contributed by atoms with Gasteiger partial charge in [0.1, 0.15) is 22.3 Å². The van der Waals surface area contributed by atoms with Gasteiger partial charge in [-0.3, -0.25) is 0 Å². The number of carbonyl (C=O) groups excluding carboxylic acids is 1. The molecule has 6 nitrogen and oxygen atoms in total. The maximum absolute atomic E-state index is 14.3. The van der Waals surface area contributed by atoms with Gasteiger partial charge in [-0.2, -0.15) is 13.9 Å². The van der Waals surface area contributed by atoms with Crippen LogP contribution in [0.25, 0.3) is 11.3 Å². The van der Waals surface area contributed by atoms with Gasteiger partial charge >= 0.3 is 12.6 Å². The molecule has 0 saturated carbocycles. The van der Waals surface area contributed by atoms with E-state index in [1.165, 1.54) is 7.05 Å². The number of halogens is 5. The van der Waals surface area contributed by atoms with Crippen molar-refractivity contribution in [1.82, 2.24) is 9.78 Å². The van der Waals surface area contributed by atoms with Crippen molar-refractivity contribution in [2.24, 2.45) is 7.05 Å². The molecule has 0 radical (unpaired) electrons. The smallest absolute Gasteiger partial charge is 0.388 e. The summed E-state index contributed by atoms with van der Waals surface area (Å²) >= 11 is 11.9. The number of aryl methyl sites for hydroxylation is 1. The molecule has 11 heteroatoms. The van der Waals surface area contributed by atoms with E-state index in [-0.39, 0.29) is 33.7 Å². The molecule has 0 aliphatic heterocycles. The SMILES string of the molecule is CCCOC(=O)COc1cc(-c2nn(C)c(OC(F)F)c2Cl)c(F)cc1Cl. The summed E-state index contributed by atoms with van der Waals surface area (Å²) in [6.07, 6.45) is 0.647. The molecule has 0 N–H and O–H groups in total. The van der Waals surface area contributed by atoms with E-state index in [2.05, 4.69) is 9.84 Å². The number of rotatable bonds is 8. The van der Waals surface area contributed by atoms with Gasteiger partial charge in [0.15, 0.2) is 6.61 Å². The highest BCUT2D eigenvalue weighted by atomic mass is 35.5. The second-order valence-corrected chi connectivity index (χ2v) is 6.03. The van der Waals surface area contributed by atoms with Gasteiger partial charge in [0.2, 0.25) is 5.88 Å². The minimum Gasteiger partial charge on any atom is -0.480 e. The van der Waals surface area contributed by atoms with Crippen molar-refractivity contribution in [3.8, 4) is 22.9 Å². The highest BCUT2D eigenvalue weighted by Crippen LogP contribution is 2.39. The van der Waals surface area contributed by atoms with E-state index in [4.69, 9.17) is 32.7 Å². The number of aromatic nitrogens is 2. The highest BCUT2D eigenvalue weighted by molar-refractivity contribution is 6.34. The summed E-state index contributed by atoms with van der Waals surface area (Å²) < 4.78 is 54.6. The number of benzene rings is 1. The summed E-state index contributed by atoms with van der Waals surface area (Å²) in [6, 6.07) is 2.09. The molecule has 1 aromatic carbocycles. The third kappa shape index (κ3) is 5.20. The van der Waals surface area contributed by atoms with Crippen LogP contribution in [-0.2, 0) is 16.6 Å². The van der Waals surface area contributed by atoms with Crippen LogP contribution in [0.3, 0.4) is 0 Å². The lowest BCUT2D eigenvalue weighted by Gasteiger charge is -2.10. The van der Waals surface area contributed by atoms with Crippen molar-refractivity contribution >= 4 is 29.2 Å². The van der Waals surface area contributed by atoms with Crippen molar-refractivity contribution in [2.45, 2.75) is 20.0 Å². The van der Waals surface area contributed by atoms with Crippen LogP contribution < -0.4 is 9.47 Å². The van der Waals surface area contributed by atoms with Crippen molar-refractivity contribution in [1.29, 1.82) is 0 Å². The second-order valence-electron chi connectivity index (χ2n) is 5.24. The third-order valence-electron chi connectivity index (χ3n) is 3.23. The highest BCUT2D eigenvalue weighted by Gasteiger charge is 2.23. The fourth-order valence-corrected chi connectivity index (χ4v) is 2.59. The lowest BCUT2D eigenvalue weighted by atomic mass is 10.1. The topological polar surface area (TPSA) is 62.6 Å². The lowest BCUT2D eigenvalue weighted by molar-refractivity contribution is -0.146. The third-order valence-corrected chi connectivity index (χ3v) is 3.87. The summed E-state index contributed by atoms with van der Waals surface area (Å²) in [5.74, 6) is -1.90. The number of esters is 1. The first-order valence-electron chi connectivity index (χ1n) is 7.69. The molecule has 2 rings (SSSR count). The zero-order valence-corrected chi connectivity index (χ0v) is 15.8. The van der Waals surface area contributed by atoms with Gasteiger partial charge in [-0.05, 0) is 18.6 Å². The molecule has 2 aromatic rings. The zero-order chi connectivity index (χ0) is 20.1. The Morgan fingerprint density at radius 3 is 2.67 bits per heavy atom. The summed E-state index contributed by atoms with van der Waals surface area (Å²) in [7, 11) is 1.31. The normalized spacial score (nSPS) is 11.0. The van der Waals surface area contributed by atoms with Crippen LogP contribution in [0.2, 0.25) is 10.0 Å². The van der Waals surface area contributed by atoms with E-state index >= 15 is 0 Å². The fourth-order valence-electron chi connectivity index (χ4n) is 2.08. The lowest BCUT2D eigenvalue weighted by Crippen LogP contribution is -2.15. The average Bonchev–Trinajstić information content (AvgIpc) is 2.87. The van der Waals surface area contributed by atoms with E-state index in [9.17, 15) is 18.0 Å². The zero-order valence-electron chi connectivity index (χ0n) is 14.3. The van der Waals surface area contributed by atoms with Crippen LogP contribution in [0.15, 0.2) is 12.1 Å². The Bertz CT molecular complexity index is 830. The largest absolute Gasteiger partial charge is 0.480 e. The van der Waals surface area contributed by atoms with Crippen LogP contribution in [0.1, 0.15) is 13.3 Å². The Hall–Kier alpha value is -2.13. The maximum Gasteiger partial charge on any atom is 0.388 e. The van der Waals surface area contributed by atoms with E-state index in [0.29, 0.717) is 6.42 Å². The number of alkyl halides is 2. The van der Waals surface area contributed by atoms with Crippen LogP contribution in [0.4, 0.5) is 13.2 Å². The van der Waals surface area contributed by atoms with Crippen molar-refractivity contribution in [3.05, 3.63) is 28.0 Å². The quantitative estimate of drug-likeness (QED) is 0.582. The van der Waals surface area contributed by atoms with E-state index in [0.717, 1.165) is 16.8 Å². The predicted molar refractivity (Wildman–Crippen MR) is 92.0 cm³/mol. The van der Waals surface area contributed by atoms with E-state index in [1.54, 1.807) is 0 Å². The molecule has 0 aliphatic carbocycles. The summed E-state index contributed by atoms with van der Waals surface area (Å²) in [5, 5.41) is 3.48. The minimum atomic E-state index is -3.13. The van der Waals surface area contributed by atoms with Gasteiger partial charge in [0, 0.05) is 12.6 Å². The van der Waals surface area contributed by atoms with Crippen LogP contribution in [-0.4, -0.2) is 35.6 Å². The van der Waals surface area contributed by atoms with Crippen molar-refractivity contribution in [3.63, 3.8) is 0 Å². The standard InChI is InChI=1S/C16H15Cl2F3N2O4/c1-3-4-25-12(24)7-26-11-5-8(10(19)6-9(11)17)14-13(18)15(23(2)22-14)27-16(20)21/h5-6,16H,3-4,7H2,1-2H3. The first kappa shape index (κ1) is 21.2. The summed E-state index contributed by atoms with van der Waals surface area (Å²) in [6.45, 7) is -1.50. The number of carbonyl (C=O) groups is 1. The molecule has 0 aliphatic rings. The van der Waals surface area contributed by atoms with Crippen molar-refractivity contribution < 1.29 is 32.2 Å². The average molecular weight is 427 g/mol. The molecule has 0 unspecified atom stereocenters. The summed E-state index contributed by atoms with van der Waals surface area (Å²) in [5.41, 5.74) is -0.316. The fraction of sp³-hybridized carbons (Fsp3) is 0.375. The molecule has 1 heterocycles. The molecule has 0 atom stereocenters. The monoisotopic (exact) mass is 426 g/mol. The number of nitrogens with zero attached hydrogens (tertiary/aromatic N) is 2. The van der Waals surface area contributed by atoms with Gasteiger partial charge in [-0.1, -0.05) is 30.1 Å². The van der Waals surface area contributed by atoms with E-state index in [1.807, 2.05) is 6.92 Å². The minimum absolute atomic E-state index is 0.0282. The van der Waals surface area contributed by atoms with Gasteiger partial charge in [-0.25, -0.2) is 13.9 Å². The maximum atomic E-state index is 14.3. The van der Waals surface area contributed by atoms with Crippen LogP contribution in [0, 0.1) is 5.82 Å². The molecule has 0 saturated heterocycles. The molecular weight excluding hydrogens is 412 g/mol. The Labute approximate surface area is 162 Å². The number of hydrogen-bond donors (Lipinski definition) is 0. The van der Waals surface area contributed by atoms with Gasteiger partial charge in [0.05, 0.1) is 11.6 Å². The van der Waals surface area contributed by atoms with Gasteiger partial charge in [0.25, 0.3) is 0 Å².